The smallest absolute Gasteiger partial charge is 0.222 e. The SMILES string of the molecule is Cc1ccc2ccc3c(C)nc4c5ccccc5c1c2n34.Cc1cccc(C)c1-c1ccc2c(c1)c1c(C)ccc3c1n1c(c(C)nc21)CC3.Cc1nc2c3ccccc3c3c(C)ccc4c3n2c1CO4.Cc1nc2c3ccccc3c3c(C)ccc4c3n2c1CS4.Cc1nc2c3ccccc3c3c(C)ccc4c3n2c1C[Si]4(C)C.Cc1nc2c3ccccc3c3c(C)ccc4c3n2c1OC4. The highest BCUT2D eigenvalue weighted by Crippen LogP contribution is 2.48. The maximum absolute atomic E-state index is 5.97. The Bertz CT molecular complexity index is 9400. The minimum Gasteiger partial charge on any atom is -0.485 e. The molecule has 0 aliphatic carbocycles. The van der Waals surface area contributed by atoms with Crippen LogP contribution in [-0.4, -0.2) is 64.4 Å². The van der Waals surface area contributed by atoms with E-state index in [1.54, 1.807) is 5.19 Å². The molecule has 0 saturated carbocycles. The van der Waals surface area contributed by atoms with Gasteiger partial charge in [-0.2, -0.15) is 0 Å². The van der Waals surface area contributed by atoms with E-state index in [9.17, 15) is 0 Å². The molecule has 14 nitrogen and oxygen atoms in total. The van der Waals surface area contributed by atoms with Crippen molar-refractivity contribution in [2.45, 2.75) is 153 Å². The van der Waals surface area contributed by atoms with Crippen molar-refractivity contribution >= 4 is 200 Å². The second-order valence-corrected chi connectivity index (χ2v) is 44.9. The molecule has 0 radical (unpaired) electrons. The third-order valence-corrected chi connectivity index (χ3v) is 34.7. The van der Waals surface area contributed by atoms with Crippen LogP contribution in [0.1, 0.15) is 113 Å². The van der Waals surface area contributed by atoms with Crippen molar-refractivity contribution in [2.24, 2.45) is 0 Å². The number of thioether (sulfide) groups is 1. The van der Waals surface area contributed by atoms with E-state index in [-0.39, 0.29) is 0 Å². The molecule has 5 aliphatic heterocycles. The number of hydrogen-bond acceptors (Lipinski definition) is 9. The van der Waals surface area contributed by atoms with Crippen LogP contribution in [-0.2, 0) is 37.9 Å². The number of fused-ring (bicyclic) bond motifs is 18. The van der Waals surface area contributed by atoms with E-state index < -0.39 is 8.07 Å². The normalized spacial score (nSPS) is 13.7. The van der Waals surface area contributed by atoms with Crippen LogP contribution in [0.4, 0.5) is 0 Å². The van der Waals surface area contributed by atoms with Gasteiger partial charge in [0.25, 0.3) is 0 Å². The van der Waals surface area contributed by atoms with Crippen LogP contribution in [0.5, 0.6) is 11.6 Å². The molecule has 13 aromatic heterocycles. The molecule has 13 aromatic carbocycles. The summed E-state index contributed by atoms with van der Waals surface area (Å²) >= 11 is 1.93. The number of imidazole rings is 6. The van der Waals surface area contributed by atoms with E-state index in [1.807, 2.05) is 18.7 Å². The predicted molar refractivity (Wildman–Crippen MR) is 568 cm³/mol. The van der Waals surface area contributed by atoms with Crippen LogP contribution < -0.4 is 14.7 Å². The minimum absolute atomic E-state index is 0.594. The molecular weight excluding hydrogens is 1700 g/mol. The van der Waals surface area contributed by atoms with Crippen molar-refractivity contribution in [3.63, 3.8) is 0 Å². The van der Waals surface area contributed by atoms with Gasteiger partial charge in [-0.15, -0.1) is 11.8 Å². The zero-order valence-corrected chi connectivity index (χ0v) is 81.2. The van der Waals surface area contributed by atoms with Gasteiger partial charge < -0.3 is 9.47 Å². The molecule has 0 spiro atoms. The molecule has 16 heteroatoms. The molecule has 5 aliphatic rings. The first-order valence-corrected chi connectivity index (χ1v) is 51.8. The first-order valence-electron chi connectivity index (χ1n) is 47.7. The van der Waals surface area contributed by atoms with Gasteiger partial charge in [0.05, 0.1) is 86.5 Å². The Kier molecular flexibility index (Phi) is 18.0. The maximum Gasteiger partial charge on any atom is 0.222 e. The minimum atomic E-state index is -1.48. The Morgan fingerprint density at radius 1 is 0.287 bits per heavy atom. The summed E-state index contributed by atoms with van der Waals surface area (Å²) in [6.45, 7) is 36.5. The molecule has 0 saturated heterocycles. The molecule has 0 unspecified atom stereocenters. The Morgan fingerprint density at radius 2 is 0.706 bits per heavy atom. The highest BCUT2D eigenvalue weighted by atomic mass is 32.2. The molecule has 0 amide bonds. The summed E-state index contributed by atoms with van der Waals surface area (Å²) in [5.74, 6) is 2.85. The zero-order chi connectivity index (χ0) is 92.3. The van der Waals surface area contributed by atoms with Crippen molar-refractivity contribution in [3.05, 3.63) is 355 Å². The lowest BCUT2D eigenvalue weighted by atomic mass is 9.90. The molecule has 31 rings (SSSR count). The van der Waals surface area contributed by atoms with E-state index in [2.05, 4.69) is 372 Å². The molecule has 0 N–H and O–H groups in total. The van der Waals surface area contributed by atoms with Gasteiger partial charge in [-0.1, -0.05) is 225 Å². The first-order chi connectivity index (χ1) is 66.0. The standard InChI is InChI=1S/C27H24N2.C20H20N2Si.C19H14N2.2C18H14N2O.C18H14N2S/c1-15-6-5-7-16(2)24(15)20-10-12-21-22(14-20)25-17(3)8-9-19-11-13-23-18(4)28-27(21)29(23)26(19)25;1-12-9-10-17-19-18(12)14-7-5-6-8-15(14)20-21-13(2)16(22(19)20)11-23(17,3)4;1-11-7-8-13-9-10-16-12(2)20-19-15-6-4-3-5-14(15)17(11)18(13)21(16)19;1-10-7-8-12-9-21-18-11(2)19-17-14-6-4-3-5-13(14)15(10)16(12)20(17)18;2*1-10-7-8-15-17-16(10)12-5-3-4-6-13(12)18-19-11(2)14(9-21-15)20(17)18/h5-10,12,14H,11,13H2,1-4H3;5-10H,11H2,1-4H3;3-10H,1-2H3;3*3-8H,9H2,1-2H3. The highest BCUT2D eigenvalue weighted by molar-refractivity contribution is 7.98. The monoisotopic (exact) mass is 1800 g/mol. The number of ether oxygens (including phenoxy) is 2. The van der Waals surface area contributed by atoms with Crippen LogP contribution in [0.3, 0.4) is 0 Å². The average molecular weight is 1800 g/mol. The third-order valence-electron chi connectivity index (χ3n) is 30.5. The molecular formula is C120H100N12O2SSi. The third kappa shape index (κ3) is 11.7. The molecule has 662 valence electrons. The summed E-state index contributed by atoms with van der Waals surface area (Å²) in [6.07, 6.45) is 2.17. The fourth-order valence-electron chi connectivity index (χ4n) is 24.1. The number of aromatic nitrogens is 12. The van der Waals surface area contributed by atoms with E-state index in [0.29, 0.717) is 13.2 Å². The average Bonchev–Trinajstić information content (AvgIpc) is 1.46. The number of aryl methyl sites for hydroxylation is 16. The van der Waals surface area contributed by atoms with E-state index >= 15 is 0 Å². The topological polar surface area (TPSA) is 122 Å². The summed E-state index contributed by atoms with van der Waals surface area (Å²) in [4.78, 5) is 30.7. The van der Waals surface area contributed by atoms with Crippen molar-refractivity contribution in [1.29, 1.82) is 0 Å². The van der Waals surface area contributed by atoms with Crippen LogP contribution in [0, 0.1) is 96.9 Å². The first kappa shape index (κ1) is 81.8. The predicted octanol–water partition coefficient (Wildman–Crippen LogP) is 28.9. The van der Waals surface area contributed by atoms with Gasteiger partial charge >= 0.3 is 0 Å². The molecule has 0 atom stereocenters. The fraction of sp³-hybridized carbons (Fsp3) is 0.183. The molecule has 0 fully saturated rings. The second kappa shape index (κ2) is 30.0. The largest absolute Gasteiger partial charge is 0.485 e. The second-order valence-electron chi connectivity index (χ2n) is 39.2. The number of benzene rings is 13. The van der Waals surface area contributed by atoms with E-state index in [0.717, 1.165) is 92.4 Å². The highest BCUT2D eigenvalue weighted by Gasteiger charge is 2.36. The van der Waals surface area contributed by atoms with Gasteiger partial charge in [0.15, 0.2) is 0 Å². The summed E-state index contributed by atoms with van der Waals surface area (Å²) in [6, 6.07) is 89.0. The number of nitrogens with zero attached hydrogens (tertiary/aromatic N) is 12. The van der Waals surface area contributed by atoms with Crippen molar-refractivity contribution in [2.75, 3.05) is 0 Å². The van der Waals surface area contributed by atoms with Crippen molar-refractivity contribution in [1.82, 2.24) is 56.3 Å². The lowest BCUT2D eigenvalue weighted by molar-refractivity contribution is 0.283. The van der Waals surface area contributed by atoms with Crippen LogP contribution >= 0.6 is 11.8 Å². The molecule has 136 heavy (non-hydrogen) atoms. The summed E-state index contributed by atoms with van der Waals surface area (Å²) in [5, 5.41) is 26.2. The lowest BCUT2D eigenvalue weighted by Crippen LogP contribution is -2.48. The Balaban J connectivity index is 0.0000000850. The van der Waals surface area contributed by atoms with Gasteiger partial charge in [-0.05, 0) is 250 Å². The van der Waals surface area contributed by atoms with Gasteiger partial charge in [-0.3, -0.25) is 26.4 Å². The summed E-state index contributed by atoms with van der Waals surface area (Å²) in [5.41, 5.74) is 43.4. The van der Waals surface area contributed by atoms with Gasteiger partial charge in [0.1, 0.15) is 58.5 Å². The van der Waals surface area contributed by atoms with Crippen molar-refractivity contribution < 1.29 is 9.47 Å². The van der Waals surface area contributed by atoms with Crippen LogP contribution in [0.2, 0.25) is 13.1 Å². The fourth-order valence-corrected chi connectivity index (χ4v) is 28.1. The lowest BCUT2D eigenvalue weighted by Gasteiger charge is -2.31. The number of hydrogen-bond donors (Lipinski definition) is 0. The molecule has 26 aromatic rings. The Morgan fingerprint density at radius 3 is 1.30 bits per heavy atom. The zero-order valence-electron chi connectivity index (χ0n) is 79.4. The molecule has 18 heterocycles. The maximum atomic E-state index is 5.97. The quantitative estimate of drug-likeness (QED) is 0.0898. The van der Waals surface area contributed by atoms with Gasteiger partial charge in [0.2, 0.25) is 5.88 Å². The van der Waals surface area contributed by atoms with E-state index in [4.69, 9.17) is 39.4 Å². The molecule has 0 bridgehead atoms. The van der Waals surface area contributed by atoms with Crippen LogP contribution in [0.25, 0.3) is 186 Å². The van der Waals surface area contributed by atoms with E-state index in [1.165, 1.54) is 247 Å². The van der Waals surface area contributed by atoms with Crippen molar-refractivity contribution in [3.8, 4) is 22.8 Å². The summed E-state index contributed by atoms with van der Waals surface area (Å²) < 4.78 is 26.0. The van der Waals surface area contributed by atoms with Crippen LogP contribution in [0.15, 0.2) is 248 Å². The Hall–Kier alpha value is -15.0. The Labute approximate surface area is 790 Å². The van der Waals surface area contributed by atoms with Gasteiger partial charge in [-0.25, -0.2) is 29.9 Å². The number of pyridine rings is 7. The number of rotatable bonds is 1. The van der Waals surface area contributed by atoms with Gasteiger partial charge in [0, 0.05) is 92.2 Å². The summed E-state index contributed by atoms with van der Waals surface area (Å²) in [7, 11) is -1.48.